The number of hydrogen-bond donors (Lipinski definition) is 0. The van der Waals surface area contributed by atoms with Gasteiger partial charge in [-0.25, -0.2) is 4.68 Å². The predicted molar refractivity (Wildman–Crippen MR) is 87.7 cm³/mol. The number of nitrogens with zero attached hydrogens (tertiary/aromatic N) is 4. The molecule has 118 valence electrons. The highest BCUT2D eigenvalue weighted by molar-refractivity contribution is 5.57. The van der Waals surface area contributed by atoms with Crippen molar-refractivity contribution in [3.05, 3.63) is 60.7 Å². The van der Waals surface area contributed by atoms with Gasteiger partial charge in [-0.2, -0.15) is 0 Å². The molecular formula is C18H20N4O. The third kappa shape index (κ3) is 3.19. The fraction of sp³-hybridized carbons (Fsp3) is 0.333. The van der Waals surface area contributed by atoms with Crippen molar-refractivity contribution in [2.45, 2.75) is 25.4 Å². The van der Waals surface area contributed by atoms with Crippen molar-refractivity contribution in [3.63, 3.8) is 0 Å². The van der Waals surface area contributed by atoms with Gasteiger partial charge in [-0.15, -0.1) is 5.10 Å². The Bertz CT molecular complexity index is 727. The van der Waals surface area contributed by atoms with E-state index in [2.05, 4.69) is 33.5 Å². The van der Waals surface area contributed by atoms with Crippen molar-refractivity contribution >= 4 is 0 Å². The molecule has 5 nitrogen and oxygen atoms in total. The zero-order valence-electron chi connectivity index (χ0n) is 13.0. The molecule has 0 unspecified atom stereocenters. The van der Waals surface area contributed by atoms with Crippen LogP contribution < -0.4 is 0 Å². The van der Waals surface area contributed by atoms with Crippen LogP contribution in [-0.4, -0.2) is 33.0 Å². The van der Waals surface area contributed by atoms with Gasteiger partial charge < -0.3 is 4.42 Å². The molecule has 0 bridgehead atoms. The van der Waals surface area contributed by atoms with Crippen LogP contribution in [0, 0.1) is 0 Å². The van der Waals surface area contributed by atoms with E-state index in [-0.39, 0.29) is 0 Å². The number of furan rings is 1. The standard InChI is InChI=1S/C18H20N4O/c1-2-4-16(5-3-1)18-13-22(20-19-18)17-6-9-21(10-7-17)12-15-8-11-23-14-15/h1-5,8,11,13-14,17H,6-7,9-10,12H2. The van der Waals surface area contributed by atoms with E-state index in [1.54, 1.807) is 6.26 Å². The Morgan fingerprint density at radius 2 is 1.91 bits per heavy atom. The van der Waals surface area contributed by atoms with Crippen LogP contribution in [0.25, 0.3) is 11.3 Å². The lowest BCUT2D eigenvalue weighted by molar-refractivity contribution is 0.172. The summed E-state index contributed by atoms with van der Waals surface area (Å²) in [6.45, 7) is 3.13. The van der Waals surface area contributed by atoms with Crippen LogP contribution >= 0.6 is 0 Å². The van der Waals surface area contributed by atoms with Crippen molar-refractivity contribution in [3.8, 4) is 11.3 Å². The van der Waals surface area contributed by atoms with Crippen molar-refractivity contribution in [1.29, 1.82) is 0 Å². The fourth-order valence-corrected chi connectivity index (χ4v) is 3.18. The van der Waals surface area contributed by atoms with E-state index in [0.717, 1.165) is 43.7 Å². The number of aromatic nitrogens is 3. The Kier molecular flexibility index (Phi) is 3.94. The Balaban J connectivity index is 1.38. The minimum absolute atomic E-state index is 0.445. The molecule has 1 aliphatic heterocycles. The first-order chi connectivity index (χ1) is 11.4. The van der Waals surface area contributed by atoms with Crippen LogP contribution in [0.3, 0.4) is 0 Å². The average Bonchev–Trinajstić information content (AvgIpc) is 3.28. The normalized spacial score (nSPS) is 16.7. The molecule has 0 spiro atoms. The van der Waals surface area contributed by atoms with E-state index in [0.29, 0.717) is 6.04 Å². The molecule has 2 aromatic heterocycles. The lowest BCUT2D eigenvalue weighted by Gasteiger charge is -2.31. The van der Waals surface area contributed by atoms with Gasteiger partial charge in [0.15, 0.2) is 0 Å². The zero-order valence-corrected chi connectivity index (χ0v) is 13.0. The smallest absolute Gasteiger partial charge is 0.113 e. The molecular weight excluding hydrogens is 288 g/mol. The lowest BCUT2D eigenvalue weighted by atomic mass is 10.0. The summed E-state index contributed by atoms with van der Waals surface area (Å²) in [4.78, 5) is 2.47. The molecule has 1 aromatic carbocycles. The number of rotatable bonds is 4. The number of hydrogen-bond acceptors (Lipinski definition) is 4. The van der Waals surface area contributed by atoms with Gasteiger partial charge in [-0.3, -0.25) is 4.90 Å². The van der Waals surface area contributed by atoms with Crippen molar-refractivity contribution < 1.29 is 4.42 Å². The molecule has 3 heterocycles. The second-order valence-corrected chi connectivity index (χ2v) is 6.09. The zero-order chi connectivity index (χ0) is 15.5. The van der Waals surface area contributed by atoms with Crippen molar-refractivity contribution in [2.24, 2.45) is 0 Å². The Morgan fingerprint density at radius 3 is 2.65 bits per heavy atom. The van der Waals surface area contributed by atoms with Gasteiger partial charge in [-0.05, 0) is 18.9 Å². The van der Waals surface area contributed by atoms with Crippen LogP contribution in [0.15, 0.2) is 59.5 Å². The minimum atomic E-state index is 0.445. The molecule has 0 amide bonds. The second kappa shape index (κ2) is 6.38. The first-order valence-corrected chi connectivity index (χ1v) is 8.09. The summed E-state index contributed by atoms with van der Waals surface area (Å²) in [5.41, 5.74) is 3.32. The summed E-state index contributed by atoms with van der Waals surface area (Å²) in [6.07, 6.45) is 7.86. The third-order valence-corrected chi connectivity index (χ3v) is 4.50. The van der Waals surface area contributed by atoms with Gasteiger partial charge in [0.25, 0.3) is 0 Å². The predicted octanol–water partition coefficient (Wildman–Crippen LogP) is 3.38. The molecule has 4 rings (SSSR count). The van der Waals surface area contributed by atoms with E-state index in [9.17, 15) is 0 Å². The highest BCUT2D eigenvalue weighted by Gasteiger charge is 2.22. The number of benzene rings is 1. The maximum absolute atomic E-state index is 5.14. The van der Waals surface area contributed by atoms with Crippen LogP contribution in [0.2, 0.25) is 0 Å². The first-order valence-electron chi connectivity index (χ1n) is 8.09. The topological polar surface area (TPSA) is 47.1 Å². The first kappa shape index (κ1) is 14.2. The van der Waals surface area contributed by atoms with Crippen LogP contribution in [-0.2, 0) is 6.54 Å². The molecule has 0 aliphatic carbocycles. The van der Waals surface area contributed by atoms with Crippen LogP contribution in [0.5, 0.6) is 0 Å². The Hall–Kier alpha value is -2.40. The van der Waals surface area contributed by atoms with E-state index < -0.39 is 0 Å². The van der Waals surface area contributed by atoms with Gasteiger partial charge in [-0.1, -0.05) is 35.5 Å². The van der Waals surface area contributed by atoms with E-state index in [4.69, 9.17) is 4.42 Å². The van der Waals surface area contributed by atoms with Gasteiger partial charge in [0.2, 0.25) is 0 Å². The molecule has 1 aliphatic rings. The summed E-state index contributed by atoms with van der Waals surface area (Å²) >= 11 is 0. The monoisotopic (exact) mass is 308 g/mol. The van der Waals surface area contributed by atoms with E-state index >= 15 is 0 Å². The molecule has 0 N–H and O–H groups in total. The lowest BCUT2D eigenvalue weighted by Crippen LogP contribution is -2.34. The summed E-state index contributed by atoms with van der Waals surface area (Å²) in [5.74, 6) is 0. The minimum Gasteiger partial charge on any atom is -0.472 e. The number of piperidine rings is 1. The van der Waals surface area contributed by atoms with E-state index in [1.165, 1.54) is 5.56 Å². The SMILES string of the molecule is c1ccc(-c2cn(C3CCN(Cc4ccoc4)CC3)nn2)cc1. The highest BCUT2D eigenvalue weighted by atomic mass is 16.3. The van der Waals surface area contributed by atoms with Crippen molar-refractivity contribution in [1.82, 2.24) is 19.9 Å². The summed E-state index contributed by atoms with van der Waals surface area (Å²) in [5, 5.41) is 8.68. The quantitative estimate of drug-likeness (QED) is 0.741. The van der Waals surface area contributed by atoms with Gasteiger partial charge in [0.1, 0.15) is 5.69 Å². The van der Waals surface area contributed by atoms with Gasteiger partial charge in [0.05, 0.1) is 24.8 Å². The summed E-state index contributed by atoms with van der Waals surface area (Å²) in [6, 6.07) is 12.7. The molecule has 0 saturated carbocycles. The van der Waals surface area contributed by atoms with E-state index in [1.807, 2.05) is 35.2 Å². The third-order valence-electron chi connectivity index (χ3n) is 4.50. The Morgan fingerprint density at radius 1 is 1.09 bits per heavy atom. The maximum atomic E-state index is 5.14. The highest BCUT2D eigenvalue weighted by Crippen LogP contribution is 2.25. The molecule has 3 aromatic rings. The van der Waals surface area contributed by atoms with Crippen LogP contribution in [0.1, 0.15) is 24.4 Å². The summed E-state index contributed by atoms with van der Waals surface area (Å²) in [7, 11) is 0. The molecule has 5 heteroatoms. The van der Waals surface area contributed by atoms with Gasteiger partial charge >= 0.3 is 0 Å². The largest absolute Gasteiger partial charge is 0.472 e. The van der Waals surface area contributed by atoms with Crippen LogP contribution in [0.4, 0.5) is 0 Å². The average molecular weight is 308 g/mol. The molecule has 0 radical (unpaired) electrons. The molecule has 0 atom stereocenters. The second-order valence-electron chi connectivity index (χ2n) is 6.09. The van der Waals surface area contributed by atoms with Gasteiger partial charge in [0, 0.05) is 30.8 Å². The fourth-order valence-electron chi connectivity index (χ4n) is 3.18. The molecule has 1 fully saturated rings. The number of likely N-dealkylation sites (tertiary alicyclic amines) is 1. The Labute approximate surface area is 135 Å². The van der Waals surface area contributed by atoms with Crippen molar-refractivity contribution in [2.75, 3.05) is 13.1 Å². The molecule has 1 saturated heterocycles. The maximum Gasteiger partial charge on any atom is 0.113 e. The molecule has 23 heavy (non-hydrogen) atoms. The summed E-state index contributed by atoms with van der Waals surface area (Å²) < 4.78 is 7.18.